The number of fused-ring (bicyclic) bond motifs is 1. The predicted octanol–water partition coefficient (Wildman–Crippen LogP) is 3.71. The maximum atomic E-state index is 13.1. The first kappa shape index (κ1) is 10.2. The lowest BCUT2D eigenvalue weighted by Gasteiger charge is -2.01. The lowest BCUT2D eigenvalue weighted by atomic mass is 10.1. The third-order valence-electron chi connectivity index (χ3n) is 3.12. The summed E-state index contributed by atoms with van der Waals surface area (Å²) in [5.41, 5.74) is 4.73. The van der Waals surface area contributed by atoms with Crippen LogP contribution < -0.4 is 0 Å². The molecule has 3 rings (SSSR count). The largest absolute Gasteiger partial charge is 0.265 e. The summed E-state index contributed by atoms with van der Waals surface area (Å²) >= 11 is 0. The standard InChI is InChI=1S/C15H12FN/c16-14-3-4-15-12(1-2-13(15)10-14)9-11-5-7-17-8-6-11/h3-10H,1-2H2. The molecule has 0 saturated carbocycles. The molecule has 1 nitrogen and oxygen atoms in total. The van der Waals surface area contributed by atoms with Gasteiger partial charge in [0.05, 0.1) is 0 Å². The summed E-state index contributed by atoms with van der Waals surface area (Å²) in [6, 6.07) is 9.01. The van der Waals surface area contributed by atoms with E-state index < -0.39 is 0 Å². The molecular weight excluding hydrogens is 213 g/mol. The van der Waals surface area contributed by atoms with Gasteiger partial charge in [-0.15, -0.1) is 0 Å². The van der Waals surface area contributed by atoms with Gasteiger partial charge in [-0.05, 0) is 59.4 Å². The third-order valence-corrected chi connectivity index (χ3v) is 3.12. The van der Waals surface area contributed by atoms with Crippen molar-refractivity contribution in [2.45, 2.75) is 12.8 Å². The highest BCUT2D eigenvalue weighted by molar-refractivity contribution is 5.85. The average Bonchev–Trinajstić information content (AvgIpc) is 2.73. The Kier molecular flexibility index (Phi) is 2.48. The molecule has 0 saturated heterocycles. The zero-order chi connectivity index (χ0) is 11.7. The minimum atomic E-state index is -0.145. The fourth-order valence-electron chi connectivity index (χ4n) is 2.30. The number of hydrogen-bond donors (Lipinski definition) is 0. The van der Waals surface area contributed by atoms with E-state index in [1.807, 2.05) is 18.2 Å². The van der Waals surface area contributed by atoms with Crippen LogP contribution in [0.15, 0.2) is 42.7 Å². The molecule has 1 aromatic carbocycles. The van der Waals surface area contributed by atoms with Gasteiger partial charge in [0.25, 0.3) is 0 Å². The van der Waals surface area contributed by atoms with Crippen LogP contribution in [0.1, 0.15) is 23.1 Å². The van der Waals surface area contributed by atoms with Crippen LogP contribution in [0.25, 0.3) is 11.6 Å². The normalized spacial score (nSPS) is 16.2. The van der Waals surface area contributed by atoms with Gasteiger partial charge in [-0.2, -0.15) is 0 Å². The minimum absolute atomic E-state index is 0.145. The number of aryl methyl sites for hydroxylation is 1. The van der Waals surface area contributed by atoms with E-state index in [0.29, 0.717) is 0 Å². The molecule has 1 aromatic heterocycles. The highest BCUT2D eigenvalue weighted by Gasteiger charge is 2.16. The summed E-state index contributed by atoms with van der Waals surface area (Å²) in [4.78, 5) is 4.00. The van der Waals surface area contributed by atoms with E-state index in [4.69, 9.17) is 0 Å². The van der Waals surface area contributed by atoms with Crippen molar-refractivity contribution in [2.24, 2.45) is 0 Å². The lowest BCUT2D eigenvalue weighted by molar-refractivity contribution is 0.626. The number of allylic oxidation sites excluding steroid dienone is 1. The van der Waals surface area contributed by atoms with E-state index in [9.17, 15) is 4.39 Å². The van der Waals surface area contributed by atoms with Crippen LogP contribution >= 0.6 is 0 Å². The van der Waals surface area contributed by atoms with Crippen LogP contribution in [0, 0.1) is 5.82 Å². The molecule has 0 fully saturated rings. The van der Waals surface area contributed by atoms with Crippen LogP contribution in [-0.2, 0) is 6.42 Å². The summed E-state index contributed by atoms with van der Waals surface area (Å²) in [5.74, 6) is -0.145. The molecule has 0 aliphatic heterocycles. The van der Waals surface area contributed by atoms with Gasteiger partial charge < -0.3 is 0 Å². The number of rotatable bonds is 1. The van der Waals surface area contributed by atoms with Crippen LogP contribution in [0.2, 0.25) is 0 Å². The van der Waals surface area contributed by atoms with Gasteiger partial charge >= 0.3 is 0 Å². The predicted molar refractivity (Wildman–Crippen MR) is 66.8 cm³/mol. The molecule has 1 aliphatic rings. The van der Waals surface area contributed by atoms with Crippen LogP contribution in [0.3, 0.4) is 0 Å². The molecule has 0 bridgehead atoms. The van der Waals surface area contributed by atoms with Gasteiger partial charge in [0, 0.05) is 12.4 Å². The van der Waals surface area contributed by atoms with E-state index in [-0.39, 0.29) is 5.82 Å². The number of benzene rings is 1. The highest BCUT2D eigenvalue weighted by Crippen LogP contribution is 2.33. The smallest absolute Gasteiger partial charge is 0.123 e. The Morgan fingerprint density at radius 2 is 1.88 bits per heavy atom. The molecule has 0 N–H and O–H groups in total. The van der Waals surface area contributed by atoms with Crippen molar-refractivity contribution in [3.8, 4) is 0 Å². The van der Waals surface area contributed by atoms with E-state index in [1.54, 1.807) is 18.5 Å². The van der Waals surface area contributed by atoms with Crippen molar-refractivity contribution < 1.29 is 4.39 Å². The molecule has 0 atom stereocenters. The zero-order valence-corrected chi connectivity index (χ0v) is 9.36. The number of pyridine rings is 1. The van der Waals surface area contributed by atoms with Crippen molar-refractivity contribution >= 4 is 11.6 Å². The number of nitrogens with zero attached hydrogens (tertiary/aromatic N) is 1. The molecular formula is C15H12FN. The van der Waals surface area contributed by atoms with E-state index in [1.165, 1.54) is 17.2 Å². The molecule has 0 spiro atoms. The van der Waals surface area contributed by atoms with Crippen molar-refractivity contribution in [2.75, 3.05) is 0 Å². The van der Waals surface area contributed by atoms with Gasteiger partial charge in [-0.1, -0.05) is 12.1 Å². The van der Waals surface area contributed by atoms with Gasteiger partial charge in [0.15, 0.2) is 0 Å². The first-order valence-electron chi connectivity index (χ1n) is 5.72. The third kappa shape index (κ3) is 1.98. The first-order chi connectivity index (χ1) is 8.33. The van der Waals surface area contributed by atoms with Crippen molar-refractivity contribution in [1.82, 2.24) is 4.98 Å². The number of halogens is 1. The second-order valence-electron chi connectivity index (χ2n) is 4.25. The molecule has 2 heteroatoms. The summed E-state index contributed by atoms with van der Waals surface area (Å²) in [5, 5.41) is 0. The molecule has 1 heterocycles. The minimum Gasteiger partial charge on any atom is -0.265 e. The van der Waals surface area contributed by atoms with Crippen molar-refractivity contribution in [1.29, 1.82) is 0 Å². The van der Waals surface area contributed by atoms with Crippen LogP contribution in [0.5, 0.6) is 0 Å². The second kappa shape index (κ2) is 4.13. The highest BCUT2D eigenvalue weighted by atomic mass is 19.1. The number of hydrogen-bond acceptors (Lipinski definition) is 1. The second-order valence-corrected chi connectivity index (χ2v) is 4.25. The zero-order valence-electron chi connectivity index (χ0n) is 9.36. The lowest BCUT2D eigenvalue weighted by Crippen LogP contribution is -1.83. The molecule has 1 aliphatic carbocycles. The van der Waals surface area contributed by atoms with Crippen LogP contribution in [-0.4, -0.2) is 4.98 Å². The van der Waals surface area contributed by atoms with E-state index in [2.05, 4.69) is 11.1 Å². The van der Waals surface area contributed by atoms with Gasteiger partial charge in [-0.25, -0.2) is 4.39 Å². The topological polar surface area (TPSA) is 12.9 Å². The van der Waals surface area contributed by atoms with Gasteiger partial charge in [0.1, 0.15) is 5.82 Å². The Labute approximate surface area is 99.6 Å². The summed E-state index contributed by atoms with van der Waals surface area (Å²) < 4.78 is 13.1. The first-order valence-corrected chi connectivity index (χ1v) is 5.72. The molecule has 2 aromatic rings. The Morgan fingerprint density at radius 3 is 2.71 bits per heavy atom. The van der Waals surface area contributed by atoms with E-state index in [0.717, 1.165) is 24.0 Å². The summed E-state index contributed by atoms with van der Waals surface area (Å²) in [6.07, 6.45) is 7.65. The van der Waals surface area contributed by atoms with Gasteiger partial charge in [0.2, 0.25) is 0 Å². The summed E-state index contributed by atoms with van der Waals surface area (Å²) in [7, 11) is 0. The Morgan fingerprint density at radius 1 is 1.06 bits per heavy atom. The average molecular weight is 225 g/mol. The molecule has 84 valence electrons. The Hall–Kier alpha value is -1.96. The number of aromatic nitrogens is 1. The van der Waals surface area contributed by atoms with Crippen molar-refractivity contribution in [3.05, 3.63) is 65.2 Å². The Bertz CT molecular complexity index is 573. The fraction of sp³-hybridized carbons (Fsp3) is 0.133. The van der Waals surface area contributed by atoms with Gasteiger partial charge in [-0.3, -0.25) is 4.98 Å². The maximum Gasteiger partial charge on any atom is 0.123 e. The quantitative estimate of drug-likeness (QED) is 0.721. The SMILES string of the molecule is Fc1ccc2c(c1)CCC2=Cc1ccncc1. The maximum absolute atomic E-state index is 13.1. The summed E-state index contributed by atoms with van der Waals surface area (Å²) in [6.45, 7) is 0. The van der Waals surface area contributed by atoms with E-state index >= 15 is 0 Å². The fourth-order valence-corrected chi connectivity index (χ4v) is 2.30. The van der Waals surface area contributed by atoms with Crippen LogP contribution in [0.4, 0.5) is 4.39 Å². The monoisotopic (exact) mass is 225 g/mol. The Balaban J connectivity index is 2.02. The van der Waals surface area contributed by atoms with Crippen molar-refractivity contribution in [3.63, 3.8) is 0 Å². The molecule has 0 amide bonds. The molecule has 17 heavy (non-hydrogen) atoms. The molecule has 0 unspecified atom stereocenters. The molecule has 0 radical (unpaired) electrons.